The number of halogens is 3. The molecule has 1 aromatic carbocycles. The number of fused-ring (bicyclic) bond motifs is 1. The Bertz CT molecular complexity index is 1020. The van der Waals surface area contributed by atoms with Crippen LogP contribution >= 0.6 is 11.8 Å². The molecule has 0 saturated carbocycles. The molecule has 0 aliphatic carbocycles. The van der Waals surface area contributed by atoms with E-state index >= 15 is 0 Å². The fourth-order valence-corrected chi connectivity index (χ4v) is 4.09. The Morgan fingerprint density at radius 2 is 1.71 bits per heavy atom. The molecule has 0 bridgehead atoms. The zero-order chi connectivity index (χ0) is 25.0. The van der Waals surface area contributed by atoms with E-state index in [0.29, 0.717) is 0 Å². The fraction of sp³-hybridized carbons (Fsp3) is 0.440. The van der Waals surface area contributed by atoms with Gasteiger partial charge in [-0.2, -0.15) is 13.2 Å². The van der Waals surface area contributed by atoms with Crippen molar-refractivity contribution in [3.63, 3.8) is 0 Å². The molecule has 9 heteroatoms. The summed E-state index contributed by atoms with van der Waals surface area (Å²) in [7, 11) is 0. The van der Waals surface area contributed by atoms with Crippen LogP contribution in [-0.2, 0) is 4.79 Å². The molecule has 0 radical (unpaired) electrons. The average molecular weight is 496 g/mol. The number of nitrogens with zero attached hydrogens (tertiary/aromatic N) is 2. The van der Waals surface area contributed by atoms with Crippen molar-refractivity contribution in [2.24, 2.45) is 0 Å². The van der Waals surface area contributed by atoms with Gasteiger partial charge in [-0.25, -0.2) is 9.78 Å². The number of carboxylic acids is 1. The number of alkyl halides is 3. The van der Waals surface area contributed by atoms with Crippen LogP contribution in [0.3, 0.4) is 0 Å². The van der Waals surface area contributed by atoms with Gasteiger partial charge < -0.3 is 10.4 Å². The number of imidazole rings is 1. The van der Waals surface area contributed by atoms with E-state index in [1.807, 2.05) is 17.8 Å². The van der Waals surface area contributed by atoms with Crippen molar-refractivity contribution in [1.82, 2.24) is 9.38 Å². The van der Waals surface area contributed by atoms with E-state index in [1.165, 1.54) is 48.3 Å². The van der Waals surface area contributed by atoms with Gasteiger partial charge in [0.15, 0.2) is 0 Å². The van der Waals surface area contributed by atoms with Crippen molar-refractivity contribution in [1.29, 1.82) is 0 Å². The van der Waals surface area contributed by atoms with E-state index in [4.69, 9.17) is 14.9 Å². The highest BCUT2D eigenvalue weighted by Crippen LogP contribution is 2.30. The summed E-state index contributed by atoms with van der Waals surface area (Å²) in [4.78, 5) is 15.1. The predicted octanol–water partition coefficient (Wildman–Crippen LogP) is 7.52. The lowest BCUT2D eigenvalue weighted by atomic mass is 10.1. The highest BCUT2D eigenvalue weighted by atomic mass is 32.2. The molecular weight excluding hydrogens is 463 g/mol. The number of hydrogen-bond donors (Lipinski definition) is 2. The van der Waals surface area contributed by atoms with Crippen molar-refractivity contribution < 1.29 is 23.1 Å². The predicted molar refractivity (Wildman–Crippen MR) is 133 cm³/mol. The zero-order valence-electron chi connectivity index (χ0n) is 19.6. The van der Waals surface area contributed by atoms with Gasteiger partial charge in [-0.15, -0.1) is 11.8 Å². The van der Waals surface area contributed by atoms with Crippen LogP contribution in [0.2, 0.25) is 0 Å². The highest BCUT2D eigenvalue weighted by Gasteiger charge is 2.38. The molecule has 186 valence electrons. The second kappa shape index (κ2) is 13.9. The van der Waals surface area contributed by atoms with Crippen LogP contribution in [0.15, 0.2) is 53.6 Å². The first-order valence-corrected chi connectivity index (χ1v) is 12.5. The van der Waals surface area contributed by atoms with Crippen LogP contribution in [0.5, 0.6) is 0 Å². The third-order valence-corrected chi connectivity index (χ3v) is 6.09. The summed E-state index contributed by atoms with van der Waals surface area (Å²) < 4.78 is 33.9. The minimum Gasteiger partial charge on any atom is -0.475 e. The Morgan fingerprint density at radius 3 is 2.32 bits per heavy atom. The molecule has 3 aromatic rings. The molecule has 0 fully saturated rings. The molecule has 2 N–H and O–H groups in total. The lowest BCUT2D eigenvalue weighted by Gasteiger charge is -2.09. The SMILES string of the molecule is CCCCCCSc1ccc(-c2nc3ccccn3c2NCCCC)cc1.O=C(O)C(F)(F)F. The maximum absolute atomic E-state index is 10.6. The number of aliphatic carboxylic acids is 1. The van der Waals surface area contributed by atoms with Gasteiger partial charge in [0.25, 0.3) is 0 Å². The van der Waals surface area contributed by atoms with Gasteiger partial charge in [0, 0.05) is 23.2 Å². The molecule has 0 saturated heterocycles. The standard InChI is InChI=1S/C23H31N3S.C2HF3O2/c1-3-5-7-10-18-27-20-14-12-19(13-15-20)22-23(24-16-6-4-2)26-17-9-8-11-21(26)25-22;3-2(4,5)1(6)7/h8-9,11-15,17,24H,3-7,10,16,18H2,1-2H3;(H,6,7). The van der Waals surface area contributed by atoms with E-state index in [0.717, 1.165) is 30.1 Å². The van der Waals surface area contributed by atoms with Crippen molar-refractivity contribution in [3.05, 3.63) is 48.7 Å². The largest absolute Gasteiger partial charge is 0.490 e. The molecule has 0 spiro atoms. The molecule has 0 unspecified atom stereocenters. The quantitative estimate of drug-likeness (QED) is 0.213. The maximum Gasteiger partial charge on any atom is 0.490 e. The molecule has 0 aliphatic rings. The molecular formula is C25H32F3N3O2S. The second-order valence-electron chi connectivity index (χ2n) is 7.75. The van der Waals surface area contributed by atoms with Crippen LogP contribution in [0.25, 0.3) is 16.9 Å². The van der Waals surface area contributed by atoms with Crippen molar-refractivity contribution >= 4 is 29.2 Å². The molecule has 0 amide bonds. The van der Waals surface area contributed by atoms with E-state index in [1.54, 1.807) is 0 Å². The van der Waals surface area contributed by atoms with Gasteiger partial charge in [0.05, 0.1) is 0 Å². The minimum absolute atomic E-state index is 0.970. The van der Waals surface area contributed by atoms with Crippen LogP contribution in [-0.4, -0.2) is 38.9 Å². The molecule has 34 heavy (non-hydrogen) atoms. The Kier molecular flexibility index (Phi) is 11.3. The first-order chi connectivity index (χ1) is 16.3. The van der Waals surface area contributed by atoms with Crippen molar-refractivity contribution in [2.45, 2.75) is 63.4 Å². The van der Waals surface area contributed by atoms with Gasteiger partial charge in [-0.3, -0.25) is 4.40 Å². The van der Waals surface area contributed by atoms with Crippen LogP contribution in [0.1, 0.15) is 52.4 Å². The van der Waals surface area contributed by atoms with E-state index < -0.39 is 12.1 Å². The lowest BCUT2D eigenvalue weighted by Crippen LogP contribution is -2.21. The summed E-state index contributed by atoms with van der Waals surface area (Å²) in [6.45, 7) is 5.45. The van der Waals surface area contributed by atoms with E-state index in [2.05, 4.69) is 66.2 Å². The van der Waals surface area contributed by atoms with Gasteiger partial charge in [0.1, 0.15) is 17.2 Å². The first-order valence-electron chi connectivity index (χ1n) is 11.5. The minimum atomic E-state index is -5.08. The van der Waals surface area contributed by atoms with Crippen molar-refractivity contribution in [3.8, 4) is 11.3 Å². The van der Waals surface area contributed by atoms with E-state index in [-0.39, 0.29) is 0 Å². The average Bonchev–Trinajstić information content (AvgIpc) is 3.18. The monoisotopic (exact) mass is 495 g/mol. The number of unbranched alkanes of at least 4 members (excludes halogenated alkanes) is 4. The molecule has 3 rings (SSSR count). The number of pyridine rings is 1. The Labute approximate surface area is 202 Å². The lowest BCUT2D eigenvalue weighted by molar-refractivity contribution is -0.192. The van der Waals surface area contributed by atoms with Crippen LogP contribution < -0.4 is 5.32 Å². The summed E-state index contributed by atoms with van der Waals surface area (Å²) in [6, 6.07) is 15.1. The Hall–Kier alpha value is -2.68. The maximum atomic E-state index is 10.6. The third kappa shape index (κ3) is 8.59. The number of benzene rings is 1. The number of carboxylic acid groups (broad SMARTS) is 1. The highest BCUT2D eigenvalue weighted by molar-refractivity contribution is 7.99. The summed E-state index contributed by atoms with van der Waals surface area (Å²) in [6.07, 6.45) is 4.64. The molecule has 5 nitrogen and oxygen atoms in total. The number of hydrogen-bond acceptors (Lipinski definition) is 4. The summed E-state index contributed by atoms with van der Waals surface area (Å²) in [5.74, 6) is -0.455. The number of aromatic nitrogens is 2. The van der Waals surface area contributed by atoms with E-state index in [9.17, 15) is 13.2 Å². The number of nitrogens with one attached hydrogen (secondary N) is 1. The first kappa shape index (κ1) is 27.6. The van der Waals surface area contributed by atoms with Gasteiger partial charge in [-0.1, -0.05) is 57.7 Å². The molecule has 2 aromatic heterocycles. The smallest absolute Gasteiger partial charge is 0.475 e. The number of anilines is 1. The van der Waals surface area contributed by atoms with Gasteiger partial charge in [-0.05, 0) is 42.9 Å². The number of carbonyl (C=O) groups is 1. The summed E-state index contributed by atoms with van der Waals surface area (Å²) in [5, 5.41) is 10.7. The Morgan fingerprint density at radius 1 is 1.03 bits per heavy atom. The molecule has 0 atom stereocenters. The van der Waals surface area contributed by atoms with Gasteiger partial charge >= 0.3 is 12.1 Å². The summed E-state index contributed by atoms with van der Waals surface area (Å²) >= 11 is 1.96. The third-order valence-electron chi connectivity index (χ3n) is 4.99. The second-order valence-corrected chi connectivity index (χ2v) is 8.92. The summed E-state index contributed by atoms with van der Waals surface area (Å²) in [5.41, 5.74) is 3.20. The Balaban J connectivity index is 0.000000509. The van der Waals surface area contributed by atoms with Crippen LogP contribution in [0.4, 0.5) is 19.0 Å². The fourth-order valence-electron chi connectivity index (χ4n) is 3.18. The molecule has 0 aliphatic heterocycles. The number of thioether (sulfide) groups is 1. The normalized spacial score (nSPS) is 11.2. The van der Waals surface area contributed by atoms with Gasteiger partial charge in [0.2, 0.25) is 0 Å². The number of rotatable bonds is 11. The van der Waals surface area contributed by atoms with Crippen LogP contribution in [0, 0.1) is 0 Å². The topological polar surface area (TPSA) is 66.6 Å². The zero-order valence-corrected chi connectivity index (χ0v) is 20.4. The van der Waals surface area contributed by atoms with Crippen molar-refractivity contribution in [2.75, 3.05) is 17.6 Å². The molecule has 2 heterocycles.